The lowest BCUT2D eigenvalue weighted by Crippen LogP contribution is -2.25. The second-order valence-corrected chi connectivity index (χ2v) is 6.70. The zero-order chi connectivity index (χ0) is 20.7. The Bertz CT molecular complexity index is 826. The number of benzene rings is 1. The van der Waals surface area contributed by atoms with Gasteiger partial charge in [-0.1, -0.05) is 25.5 Å². The molecule has 2 rings (SSSR count). The first-order valence-electron chi connectivity index (χ1n) is 9.25. The van der Waals surface area contributed by atoms with E-state index in [-0.39, 0.29) is 36.7 Å². The summed E-state index contributed by atoms with van der Waals surface area (Å²) in [5, 5.41) is 23.2. The minimum Gasteiger partial charge on any atom is -0.508 e. The van der Waals surface area contributed by atoms with Gasteiger partial charge in [0.05, 0.1) is 26.2 Å². The Morgan fingerprint density at radius 3 is 2.71 bits per heavy atom. The molecular weight excluding hydrogens is 360 g/mol. The highest BCUT2D eigenvalue weighted by molar-refractivity contribution is 5.72. The van der Waals surface area contributed by atoms with E-state index in [9.17, 15) is 15.0 Å². The number of carbonyl (C=O) groups is 1. The quantitative estimate of drug-likeness (QED) is 0.480. The number of methoxy groups -OCH3 is 1. The van der Waals surface area contributed by atoms with Crippen LogP contribution in [0, 0.1) is 6.92 Å². The number of ether oxygens (including phenoxy) is 1. The van der Waals surface area contributed by atoms with Gasteiger partial charge in [0.2, 0.25) is 5.95 Å². The number of aliphatic hydroxyl groups is 1. The number of phenolic OH excluding ortho intramolecular Hbond substituents is 1. The van der Waals surface area contributed by atoms with Crippen molar-refractivity contribution in [3.63, 3.8) is 0 Å². The van der Waals surface area contributed by atoms with Crippen LogP contribution in [0.3, 0.4) is 0 Å². The lowest BCUT2D eigenvalue weighted by molar-refractivity contribution is -0.139. The molecule has 8 heteroatoms. The van der Waals surface area contributed by atoms with Crippen LogP contribution in [-0.4, -0.2) is 45.9 Å². The van der Waals surface area contributed by atoms with Crippen molar-refractivity contribution in [2.45, 2.75) is 45.6 Å². The van der Waals surface area contributed by atoms with Crippen LogP contribution in [0.4, 0.5) is 11.8 Å². The molecule has 0 aliphatic heterocycles. The third-order valence-corrected chi connectivity index (χ3v) is 4.52. The second kappa shape index (κ2) is 9.89. The SMILES string of the molecule is CCC[C@@H](CO)Nc1nc(N)nc(C)c1Cc1ccc(CC(=O)OC)cc1O. The molecule has 1 atom stereocenters. The summed E-state index contributed by atoms with van der Waals surface area (Å²) in [6.45, 7) is 3.84. The third kappa shape index (κ3) is 5.56. The monoisotopic (exact) mass is 388 g/mol. The number of aromatic hydroxyl groups is 1. The molecule has 0 aliphatic rings. The summed E-state index contributed by atoms with van der Waals surface area (Å²) >= 11 is 0. The van der Waals surface area contributed by atoms with E-state index >= 15 is 0 Å². The summed E-state index contributed by atoms with van der Waals surface area (Å²) in [6, 6.07) is 4.96. The van der Waals surface area contributed by atoms with E-state index in [0.717, 1.165) is 18.4 Å². The predicted molar refractivity (Wildman–Crippen MR) is 107 cm³/mol. The number of nitrogens with zero attached hydrogens (tertiary/aromatic N) is 2. The molecule has 0 spiro atoms. The first-order chi connectivity index (χ1) is 13.4. The van der Waals surface area contributed by atoms with Gasteiger partial charge in [-0.3, -0.25) is 4.79 Å². The standard InChI is InChI=1S/C20H28N4O4/c1-4-5-15(11-25)23-19-16(12(2)22-20(21)24-19)10-14-7-6-13(8-17(14)26)9-18(27)28-3/h6-8,15,25-26H,4-5,9-11H2,1-3H3,(H3,21,22,23,24)/t15-/m0/s1. The van der Waals surface area contributed by atoms with Crippen LogP contribution in [0.15, 0.2) is 18.2 Å². The summed E-state index contributed by atoms with van der Waals surface area (Å²) < 4.78 is 4.65. The van der Waals surface area contributed by atoms with E-state index in [1.165, 1.54) is 7.11 Å². The van der Waals surface area contributed by atoms with Crippen LogP contribution in [0.25, 0.3) is 0 Å². The van der Waals surface area contributed by atoms with E-state index in [0.29, 0.717) is 29.1 Å². The van der Waals surface area contributed by atoms with Crippen molar-refractivity contribution < 1.29 is 19.7 Å². The maximum Gasteiger partial charge on any atom is 0.309 e. The van der Waals surface area contributed by atoms with E-state index in [1.54, 1.807) is 18.2 Å². The highest BCUT2D eigenvalue weighted by atomic mass is 16.5. The number of nitrogens with one attached hydrogen (secondary N) is 1. The Morgan fingerprint density at radius 2 is 2.11 bits per heavy atom. The number of rotatable bonds is 9. The number of phenols is 1. The number of hydrogen-bond acceptors (Lipinski definition) is 8. The largest absolute Gasteiger partial charge is 0.508 e. The molecule has 0 aliphatic carbocycles. The average molecular weight is 388 g/mol. The molecule has 0 unspecified atom stereocenters. The van der Waals surface area contributed by atoms with Crippen molar-refractivity contribution in [1.29, 1.82) is 0 Å². The summed E-state index contributed by atoms with van der Waals surface area (Å²) in [5.41, 5.74) is 8.63. The predicted octanol–water partition coefficient (Wildman–Crippen LogP) is 1.95. The van der Waals surface area contributed by atoms with Crippen LogP contribution in [0.1, 0.15) is 42.1 Å². The fraction of sp³-hybridized carbons (Fsp3) is 0.450. The van der Waals surface area contributed by atoms with Crippen molar-refractivity contribution in [2.24, 2.45) is 0 Å². The zero-order valence-corrected chi connectivity index (χ0v) is 16.5. The van der Waals surface area contributed by atoms with Gasteiger partial charge in [-0.2, -0.15) is 4.98 Å². The normalized spacial score (nSPS) is 11.9. The molecule has 0 radical (unpaired) electrons. The summed E-state index contributed by atoms with van der Waals surface area (Å²) in [7, 11) is 1.33. The maximum absolute atomic E-state index is 11.4. The number of hydrogen-bond donors (Lipinski definition) is 4. The molecular formula is C20H28N4O4. The first-order valence-corrected chi connectivity index (χ1v) is 9.25. The third-order valence-electron chi connectivity index (χ3n) is 4.52. The zero-order valence-electron chi connectivity index (χ0n) is 16.5. The van der Waals surface area contributed by atoms with Gasteiger partial charge in [0, 0.05) is 17.7 Å². The molecule has 0 bridgehead atoms. The Kier molecular flexibility index (Phi) is 7.57. The molecule has 0 saturated heterocycles. The average Bonchev–Trinajstić information content (AvgIpc) is 2.65. The van der Waals surface area contributed by atoms with E-state index in [4.69, 9.17) is 5.73 Å². The van der Waals surface area contributed by atoms with Gasteiger partial charge in [0.25, 0.3) is 0 Å². The molecule has 0 saturated carbocycles. The lowest BCUT2D eigenvalue weighted by Gasteiger charge is -2.20. The van der Waals surface area contributed by atoms with Crippen molar-refractivity contribution >= 4 is 17.7 Å². The fourth-order valence-corrected chi connectivity index (χ4v) is 3.00. The number of anilines is 2. The minimum absolute atomic E-state index is 0.0241. The summed E-state index contributed by atoms with van der Waals surface area (Å²) in [4.78, 5) is 19.9. The molecule has 0 amide bonds. The maximum atomic E-state index is 11.4. The molecule has 1 heterocycles. The van der Waals surface area contributed by atoms with E-state index < -0.39 is 0 Å². The minimum atomic E-state index is -0.368. The number of aromatic nitrogens is 2. The van der Waals surface area contributed by atoms with Gasteiger partial charge in [-0.25, -0.2) is 4.98 Å². The molecule has 152 valence electrons. The van der Waals surface area contributed by atoms with Crippen LogP contribution in [0.5, 0.6) is 5.75 Å². The van der Waals surface area contributed by atoms with Gasteiger partial charge in [-0.15, -0.1) is 0 Å². The van der Waals surface area contributed by atoms with Crippen LogP contribution < -0.4 is 11.1 Å². The number of esters is 1. The lowest BCUT2D eigenvalue weighted by atomic mass is 10.00. The molecule has 28 heavy (non-hydrogen) atoms. The molecule has 5 N–H and O–H groups in total. The molecule has 2 aromatic rings. The smallest absolute Gasteiger partial charge is 0.309 e. The Balaban J connectivity index is 2.31. The van der Waals surface area contributed by atoms with Crippen molar-refractivity contribution in [1.82, 2.24) is 9.97 Å². The van der Waals surface area contributed by atoms with E-state index in [2.05, 4.69) is 20.0 Å². The second-order valence-electron chi connectivity index (χ2n) is 6.70. The number of nitrogens with two attached hydrogens (primary N) is 1. The Morgan fingerprint density at radius 1 is 1.36 bits per heavy atom. The molecule has 1 aromatic carbocycles. The molecule has 1 aromatic heterocycles. The Hall–Kier alpha value is -2.87. The van der Waals surface area contributed by atoms with Crippen molar-refractivity contribution in [3.8, 4) is 5.75 Å². The number of carbonyl (C=O) groups excluding carboxylic acids is 1. The Labute approximate surface area is 164 Å². The fourth-order valence-electron chi connectivity index (χ4n) is 3.00. The van der Waals surface area contributed by atoms with Crippen molar-refractivity contribution in [2.75, 3.05) is 24.8 Å². The van der Waals surface area contributed by atoms with Gasteiger partial charge in [0.1, 0.15) is 11.6 Å². The number of nitrogen functional groups attached to an aromatic ring is 1. The van der Waals surface area contributed by atoms with Crippen LogP contribution >= 0.6 is 0 Å². The van der Waals surface area contributed by atoms with Gasteiger partial charge in [-0.05, 0) is 30.5 Å². The van der Waals surface area contributed by atoms with Gasteiger partial charge < -0.3 is 26.0 Å². The molecule has 0 fully saturated rings. The van der Waals surface area contributed by atoms with E-state index in [1.807, 2.05) is 13.8 Å². The number of aryl methyl sites for hydroxylation is 1. The van der Waals surface area contributed by atoms with Crippen molar-refractivity contribution in [3.05, 3.63) is 40.6 Å². The highest BCUT2D eigenvalue weighted by Gasteiger charge is 2.17. The van der Waals surface area contributed by atoms with Gasteiger partial charge in [0.15, 0.2) is 0 Å². The number of aliphatic hydroxyl groups excluding tert-OH is 1. The topological polar surface area (TPSA) is 131 Å². The first kappa shape index (κ1) is 21.4. The van der Waals surface area contributed by atoms with Gasteiger partial charge >= 0.3 is 5.97 Å². The van der Waals surface area contributed by atoms with Crippen LogP contribution in [0.2, 0.25) is 0 Å². The summed E-state index contributed by atoms with van der Waals surface area (Å²) in [6.07, 6.45) is 2.17. The highest BCUT2D eigenvalue weighted by Crippen LogP contribution is 2.27. The summed E-state index contributed by atoms with van der Waals surface area (Å²) in [5.74, 6) is 0.411. The molecule has 8 nitrogen and oxygen atoms in total. The van der Waals surface area contributed by atoms with Crippen LogP contribution in [-0.2, 0) is 22.4 Å².